The lowest BCUT2D eigenvalue weighted by Gasteiger charge is -2.13. The molecule has 0 aliphatic carbocycles. The molecule has 3 aromatic rings. The fraction of sp³-hybridized carbons (Fsp3) is 0.217. The number of nitrogens with zero attached hydrogens (tertiary/aromatic N) is 1. The van der Waals surface area contributed by atoms with Crippen LogP contribution in [-0.2, 0) is 23.4 Å². The van der Waals surface area contributed by atoms with E-state index in [4.69, 9.17) is 33.0 Å². The van der Waals surface area contributed by atoms with Gasteiger partial charge in [0.15, 0.2) is 0 Å². The van der Waals surface area contributed by atoms with Crippen molar-refractivity contribution < 1.29 is 14.6 Å². The Morgan fingerprint density at radius 3 is 2.40 bits per heavy atom. The van der Waals surface area contributed by atoms with Gasteiger partial charge in [0.2, 0.25) is 0 Å². The van der Waals surface area contributed by atoms with Gasteiger partial charge >= 0.3 is 5.97 Å². The molecule has 4 nitrogen and oxygen atoms in total. The topological polar surface area (TPSA) is 59.4 Å². The first-order valence-corrected chi connectivity index (χ1v) is 11.2. The SMILES string of the molecule is O=C(O)CCc1nc(CSc2c(Cl)cccc2Cl)ccc1OCCc1ccccc1. The van der Waals surface area contributed by atoms with Gasteiger partial charge in [-0.2, -0.15) is 0 Å². The molecule has 2 aromatic carbocycles. The lowest BCUT2D eigenvalue weighted by atomic mass is 10.1. The van der Waals surface area contributed by atoms with E-state index in [1.165, 1.54) is 17.3 Å². The number of aliphatic carboxylic acids is 1. The van der Waals surface area contributed by atoms with E-state index in [1.807, 2.05) is 42.5 Å². The van der Waals surface area contributed by atoms with Crippen molar-refractivity contribution in [3.63, 3.8) is 0 Å². The molecule has 1 aromatic heterocycles. The number of carboxylic acid groups (broad SMARTS) is 1. The lowest BCUT2D eigenvalue weighted by Crippen LogP contribution is -2.07. The first kappa shape index (κ1) is 22.5. The second-order valence-electron chi connectivity index (χ2n) is 6.56. The van der Waals surface area contributed by atoms with Crippen molar-refractivity contribution in [1.29, 1.82) is 0 Å². The third-order valence-corrected chi connectivity index (χ3v) is 6.36. The Kier molecular flexibility index (Phi) is 8.43. The molecule has 0 unspecified atom stereocenters. The summed E-state index contributed by atoms with van der Waals surface area (Å²) in [5.74, 6) is 0.319. The Balaban J connectivity index is 1.69. The Morgan fingerprint density at radius 2 is 1.70 bits per heavy atom. The number of aromatic nitrogens is 1. The third-order valence-electron chi connectivity index (χ3n) is 4.34. The van der Waals surface area contributed by atoms with Crippen molar-refractivity contribution >= 4 is 40.9 Å². The average Bonchev–Trinajstić information content (AvgIpc) is 2.73. The zero-order chi connectivity index (χ0) is 21.3. The number of carboxylic acids is 1. The summed E-state index contributed by atoms with van der Waals surface area (Å²) in [6, 6.07) is 19.2. The lowest BCUT2D eigenvalue weighted by molar-refractivity contribution is -0.136. The Hall–Kier alpha value is -2.21. The van der Waals surface area contributed by atoms with E-state index in [0.29, 0.717) is 40.3 Å². The zero-order valence-corrected chi connectivity index (χ0v) is 18.5. The van der Waals surface area contributed by atoms with Crippen LogP contribution in [0.5, 0.6) is 5.75 Å². The molecule has 0 bridgehead atoms. The summed E-state index contributed by atoms with van der Waals surface area (Å²) in [5, 5.41) is 10.3. The Labute approximate surface area is 190 Å². The predicted octanol–water partition coefficient (Wildman–Crippen LogP) is 6.32. The van der Waals surface area contributed by atoms with E-state index >= 15 is 0 Å². The molecule has 0 spiro atoms. The van der Waals surface area contributed by atoms with Crippen molar-refractivity contribution in [2.45, 2.75) is 29.9 Å². The van der Waals surface area contributed by atoms with Crippen LogP contribution in [0.3, 0.4) is 0 Å². The second-order valence-corrected chi connectivity index (χ2v) is 8.36. The maximum atomic E-state index is 11.1. The average molecular weight is 462 g/mol. The molecule has 0 saturated heterocycles. The molecular formula is C23H21Cl2NO3S. The highest BCUT2D eigenvalue weighted by Gasteiger charge is 2.12. The Bertz CT molecular complexity index is 979. The van der Waals surface area contributed by atoms with E-state index in [1.54, 1.807) is 18.2 Å². The number of hydrogen-bond donors (Lipinski definition) is 1. The van der Waals surface area contributed by atoms with Crippen molar-refractivity contribution in [2.24, 2.45) is 0 Å². The van der Waals surface area contributed by atoms with E-state index in [9.17, 15) is 4.79 Å². The number of rotatable bonds is 10. The summed E-state index contributed by atoms with van der Waals surface area (Å²) < 4.78 is 5.92. The zero-order valence-electron chi connectivity index (χ0n) is 16.2. The molecule has 0 atom stereocenters. The highest BCUT2D eigenvalue weighted by Crippen LogP contribution is 2.35. The van der Waals surface area contributed by atoms with Gasteiger partial charge in [-0.05, 0) is 29.8 Å². The van der Waals surface area contributed by atoms with Gasteiger partial charge in [-0.3, -0.25) is 9.78 Å². The number of hydrogen-bond acceptors (Lipinski definition) is 4. The smallest absolute Gasteiger partial charge is 0.303 e. The number of pyridine rings is 1. The van der Waals surface area contributed by atoms with Crippen LogP contribution in [0.2, 0.25) is 10.0 Å². The minimum absolute atomic E-state index is 0.00498. The van der Waals surface area contributed by atoms with Crippen LogP contribution in [0, 0.1) is 0 Å². The summed E-state index contributed by atoms with van der Waals surface area (Å²) >= 11 is 14.0. The van der Waals surface area contributed by atoms with Gasteiger partial charge in [0.05, 0.1) is 34.5 Å². The molecule has 7 heteroatoms. The minimum Gasteiger partial charge on any atom is -0.491 e. The van der Waals surface area contributed by atoms with Crippen molar-refractivity contribution in [2.75, 3.05) is 6.61 Å². The first-order valence-electron chi connectivity index (χ1n) is 9.47. The number of benzene rings is 2. The predicted molar refractivity (Wildman–Crippen MR) is 122 cm³/mol. The Morgan fingerprint density at radius 1 is 0.967 bits per heavy atom. The van der Waals surface area contributed by atoms with E-state index < -0.39 is 5.97 Å². The monoisotopic (exact) mass is 461 g/mol. The molecule has 30 heavy (non-hydrogen) atoms. The van der Waals surface area contributed by atoms with Crippen LogP contribution < -0.4 is 4.74 Å². The van der Waals surface area contributed by atoms with Crippen LogP contribution in [0.4, 0.5) is 0 Å². The maximum absolute atomic E-state index is 11.1. The molecule has 0 radical (unpaired) electrons. The molecule has 0 fully saturated rings. The molecule has 156 valence electrons. The van der Waals surface area contributed by atoms with E-state index in [-0.39, 0.29) is 6.42 Å². The van der Waals surface area contributed by atoms with Crippen LogP contribution in [-0.4, -0.2) is 22.7 Å². The summed E-state index contributed by atoms with van der Waals surface area (Å²) in [5.41, 5.74) is 2.64. The molecule has 0 amide bonds. The highest BCUT2D eigenvalue weighted by atomic mass is 35.5. The van der Waals surface area contributed by atoms with Crippen LogP contribution in [0.15, 0.2) is 65.6 Å². The van der Waals surface area contributed by atoms with Gasteiger partial charge in [-0.1, -0.05) is 59.6 Å². The maximum Gasteiger partial charge on any atom is 0.303 e. The summed E-state index contributed by atoms with van der Waals surface area (Å²) in [7, 11) is 0. The van der Waals surface area contributed by atoms with Crippen molar-refractivity contribution in [3.05, 3.63) is 87.7 Å². The number of aryl methyl sites for hydroxylation is 1. The van der Waals surface area contributed by atoms with Gasteiger partial charge in [0.1, 0.15) is 5.75 Å². The van der Waals surface area contributed by atoms with Crippen LogP contribution in [0.1, 0.15) is 23.4 Å². The molecule has 0 aliphatic heterocycles. The quantitative estimate of drug-likeness (QED) is 0.358. The standard InChI is InChI=1S/C23H21Cl2NO3S/c24-18-7-4-8-19(25)23(18)30-15-17-9-11-21(20(26-17)10-12-22(27)28)29-14-13-16-5-2-1-3-6-16/h1-9,11H,10,12-15H2,(H,27,28). The molecular weight excluding hydrogens is 441 g/mol. The molecule has 3 rings (SSSR count). The van der Waals surface area contributed by atoms with Gasteiger partial charge in [-0.25, -0.2) is 0 Å². The highest BCUT2D eigenvalue weighted by molar-refractivity contribution is 7.98. The van der Waals surface area contributed by atoms with Gasteiger partial charge in [0, 0.05) is 23.5 Å². The van der Waals surface area contributed by atoms with E-state index in [0.717, 1.165) is 17.0 Å². The third kappa shape index (κ3) is 6.66. The summed E-state index contributed by atoms with van der Waals surface area (Å²) in [6.45, 7) is 0.495. The van der Waals surface area contributed by atoms with Crippen molar-refractivity contribution in [1.82, 2.24) is 4.98 Å². The first-order chi connectivity index (χ1) is 14.5. The number of carbonyl (C=O) groups is 1. The molecule has 0 aliphatic rings. The van der Waals surface area contributed by atoms with Crippen LogP contribution >= 0.6 is 35.0 Å². The fourth-order valence-electron chi connectivity index (χ4n) is 2.84. The number of halogens is 2. The molecule has 1 N–H and O–H groups in total. The van der Waals surface area contributed by atoms with Gasteiger partial charge < -0.3 is 9.84 Å². The molecule has 1 heterocycles. The van der Waals surface area contributed by atoms with Crippen molar-refractivity contribution in [3.8, 4) is 5.75 Å². The normalized spacial score (nSPS) is 10.7. The summed E-state index contributed by atoms with van der Waals surface area (Å²) in [4.78, 5) is 16.5. The summed E-state index contributed by atoms with van der Waals surface area (Å²) in [6.07, 6.45) is 1.07. The fourth-order valence-corrected chi connectivity index (χ4v) is 4.43. The molecule has 0 saturated carbocycles. The minimum atomic E-state index is -0.866. The largest absolute Gasteiger partial charge is 0.491 e. The van der Waals surface area contributed by atoms with Gasteiger partial charge in [0.25, 0.3) is 0 Å². The van der Waals surface area contributed by atoms with Gasteiger partial charge in [-0.15, -0.1) is 11.8 Å². The van der Waals surface area contributed by atoms with E-state index in [2.05, 4.69) is 4.98 Å². The van der Waals surface area contributed by atoms with Crippen LogP contribution in [0.25, 0.3) is 0 Å². The second kappa shape index (κ2) is 11.3. The number of ether oxygens (including phenoxy) is 1. The number of thioether (sulfide) groups is 1.